The van der Waals surface area contributed by atoms with Gasteiger partial charge in [-0.1, -0.05) is 18.2 Å². The van der Waals surface area contributed by atoms with Crippen LogP contribution in [-0.4, -0.2) is 62.7 Å². The van der Waals surface area contributed by atoms with Crippen molar-refractivity contribution in [3.63, 3.8) is 0 Å². The summed E-state index contributed by atoms with van der Waals surface area (Å²) in [5, 5.41) is 7.32. The number of aromatic nitrogens is 4. The van der Waals surface area contributed by atoms with E-state index >= 15 is 0 Å². The van der Waals surface area contributed by atoms with Crippen molar-refractivity contribution < 1.29 is 22.4 Å². The molecule has 9 nitrogen and oxygen atoms in total. The number of hydrogen-bond acceptors (Lipinski definition) is 3. The summed E-state index contributed by atoms with van der Waals surface area (Å²) >= 11 is 0. The smallest absolute Gasteiger partial charge is 0.329 e. The maximum Gasteiger partial charge on any atom is 0.416 e. The van der Waals surface area contributed by atoms with Crippen LogP contribution in [0.3, 0.4) is 0 Å². The fourth-order valence-electron chi connectivity index (χ4n) is 5.22. The number of hydrogen-bond donors (Lipinski definition) is 1. The van der Waals surface area contributed by atoms with E-state index in [4.69, 9.17) is 6.57 Å². The first-order chi connectivity index (χ1) is 18.9. The Morgan fingerprint density at radius 2 is 1.85 bits per heavy atom. The lowest BCUT2D eigenvalue weighted by Gasteiger charge is -2.23. The summed E-state index contributed by atoms with van der Waals surface area (Å²) in [5.41, 5.74) is 0.120. The predicted molar refractivity (Wildman–Crippen MR) is 143 cm³/mol. The number of likely N-dealkylation sites (N-methyl/N-ethyl adjacent to an activating group) is 1. The van der Waals surface area contributed by atoms with Gasteiger partial charge in [-0.05, 0) is 43.3 Å². The largest absolute Gasteiger partial charge is 0.416 e. The number of halogens is 3. The zero-order valence-electron chi connectivity index (χ0n) is 22.1. The number of carbonyl (C=O) groups excluding carboxylic acids is 1. The molecule has 1 aliphatic rings. The summed E-state index contributed by atoms with van der Waals surface area (Å²) < 4.78 is 44.9. The highest BCUT2D eigenvalue weighted by Gasteiger charge is 2.35. The lowest BCUT2D eigenvalue weighted by Crippen LogP contribution is -2.46. The quantitative estimate of drug-likeness (QED) is 0.294. The third-order valence-electron chi connectivity index (χ3n) is 7.15. The molecule has 0 unspecified atom stereocenters. The van der Waals surface area contributed by atoms with Crippen LogP contribution >= 0.6 is 0 Å². The fourth-order valence-corrected chi connectivity index (χ4v) is 5.22. The van der Waals surface area contributed by atoms with Crippen molar-refractivity contribution in [2.24, 2.45) is 0 Å². The monoisotopic (exact) mass is 550 g/mol. The van der Waals surface area contributed by atoms with Gasteiger partial charge < -0.3 is 9.80 Å². The van der Waals surface area contributed by atoms with Gasteiger partial charge in [-0.25, -0.2) is 23.7 Å². The molecule has 40 heavy (non-hydrogen) atoms. The van der Waals surface area contributed by atoms with Gasteiger partial charge in [-0.3, -0.25) is 4.57 Å². The minimum absolute atomic E-state index is 0.0173. The first-order valence-corrected chi connectivity index (χ1v) is 12.6. The molecular weight excluding hydrogens is 523 g/mol. The van der Waals surface area contributed by atoms with Crippen molar-refractivity contribution in [3.05, 3.63) is 94.0 Å². The fraction of sp³-hybridized carbons (Fsp3) is 0.286. The number of nitrogens with zero attached hydrogens (tertiary/aromatic N) is 6. The van der Waals surface area contributed by atoms with Crippen LogP contribution < -0.4 is 11.0 Å². The van der Waals surface area contributed by atoms with Gasteiger partial charge in [0.15, 0.2) is 5.69 Å². The maximum atomic E-state index is 13.9. The lowest BCUT2D eigenvalue weighted by atomic mass is 10.2. The second-order valence-corrected chi connectivity index (χ2v) is 10.5. The molecule has 1 atom stereocenters. The van der Waals surface area contributed by atoms with Crippen LogP contribution in [-0.2, 0) is 6.18 Å². The molecule has 1 saturated heterocycles. The Morgan fingerprint density at radius 3 is 2.48 bits per heavy atom. The summed E-state index contributed by atoms with van der Waals surface area (Å²) in [6.45, 7) is 10.3. The van der Waals surface area contributed by atoms with E-state index in [0.717, 1.165) is 34.2 Å². The third-order valence-corrected chi connectivity index (χ3v) is 7.15. The second kappa shape index (κ2) is 9.84. The van der Waals surface area contributed by atoms with Crippen LogP contribution in [0.15, 0.2) is 65.6 Å². The van der Waals surface area contributed by atoms with E-state index in [0.29, 0.717) is 28.1 Å². The Bertz CT molecular complexity index is 1690. The van der Waals surface area contributed by atoms with E-state index in [-0.39, 0.29) is 23.1 Å². The number of imidazole rings is 1. The summed E-state index contributed by atoms with van der Waals surface area (Å²) in [7, 11) is 4.10. The zero-order chi connectivity index (χ0) is 28.8. The second-order valence-electron chi connectivity index (χ2n) is 10.5. The number of alkyl halides is 3. The molecule has 206 valence electrons. The SMILES string of the molecule is [C-]#[N+]c1ccc(-n2nccc2-c2c(C)n(-c3cccc(C(F)(F)F)c3)c(=O)n2C(=O)N[C@@H]2CC[N+](C)(C)C2)cc1. The standard InChI is InChI=1S/C28H26F3N7O2/c1-18-25(24-12-14-33-37(24)22-10-8-20(32-2)9-11-22)36(26(39)34-21-13-15-38(3,4)17-21)27(40)35(18)23-7-5-6-19(16-23)28(29,30)31/h5-12,14,16,21H,13,15,17H2,1,3-4H3/p+1/t21-/m1/s1. The summed E-state index contributed by atoms with van der Waals surface area (Å²) in [5.74, 6) is 0. The molecule has 1 amide bonds. The van der Waals surface area contributed by atoms with Gasteiger partial charge in [-0.15, -0.1) is 0 Å². The molecule has 1 aliphatic heterocycles. The summed E-state index contributed by atoms with van der Waals surface area (Å²) in [6.07, 6.45) is -2.38. The van der Waals surface area contributed by atoms with Gasteiger partial charge in [0.2, 0.25) is 0 Å². The number of benzene rings is 2. The number of likely N-dealkylation sites (tertiary alicyclic amines) is 1. The zero-order valence-corrected chi connectivity index (χ0v) is 22.1. The molecule has 4 aromatic rings. The predicted octanol–water partition coefficient (Wildman–Crippen LogP) is 4.78. The topological polar surface area (TPSA) is 78.2 Å². The Kier molecular flexibility index (Phi) is 6.63. The van der Waals surface area contributed by atoms with Crippen molar-refractivity contribution in [3.8, 4) is 22.8 Å². The molecule has 0 radical (unpaired) electrons. The van der Waals surface area contributed by atoms with E-state index in [1.165, 1.54) is 23.0 Å². The van der Waals surface area contributed by atoms with Crippen LogP contribution in [0, 0.1) is 13.5 Å². The maximum absolute atomic E-state index is 13.9. The van der Waals surface area contributed by atoms with Gasteiger partial charge in [-0.2, -0.15) is 18.3 Å². The van der Waals surface area contributed by atoms with Gasteiger partial charge in [0.05, 0.1) is 74.3 Å². The number of carbonyl (C=O) groups is 1. The van der Waals surface area contributed by atoms with Crippen LogP contribution in [0.25, 0.3) is 27.6 Å². The van der Waals surface area contributed by atoms with Crippen molar-refractivity contribution in [1.82, 2.24) is 24.2 Å². The van der Waals surface area contributed by atoms with Gasteiger partial charge in [0, 0.05) is 6.42 Å². The Balaban J connectivity index is 1.69. The molecule has 3 heterocycles. The van der Waals surface area contributed by atoms with Crippen molar-refractivity contribution in [2.45, 2.75) is 25.6 Å². The first-order valence-electron chi connectivity index (χ1n) is 12.6. The van der Waals surface area contributed by atoms with Crippen molar-refractivity contribution in [2.75, 3.05) is 27.2 Å². The molecule has 1 N–H and O–H groups in total. The number of nitrogens with one attached hydrogen (secondary N) is 1. The van der Waals surface area contributed by atoms with E-state index in [1.54, 1.807) is 37.3 Å². The Morgan fingerprint density at radius 1 is 1.12 bits per heavy atom. The summed E-state index contributed by atoms with van der Waals surface area (Å²) in [6, 6.07) is 11.8. The van der Waals surface area contributed by atoms with Crippen LogP contribution in [0.4, 0.5) is 23.7 Å². The average molecular weight is 551 g/mol. The molecular formula is C28H27F3N7O2+. The molecule has 0 saturated carbocycles. The normalized spacial score (nSPS) is 16.6. The Hall–Kier alpha value is -4.63. The summed E-state index contributed by atoms with van der Waals surface area (Å²) in [4.78, 5) is 30.9. The van der Waals surface area contributed by atoms with Gasteiger partial charge in [0.1, 0.15) is 5.69 Å². The molecule has 5 rings (SSSR count). The number of rotatable bonds is 4. The van der Waals surface area contributed by atoms with Crippen molar-refractivity contribution >= 4 is 11.7 Å². The van der Waals surface area contributed by atoms with Crippen LogP contribution in [0.1, 0.15) is 17.7 Å². The minimum Gasteiger partial charge on any atom is -0.329 e. The molecule has 0 aliphatic carbocycles. The van der Waals surface area contributed by atoms with Crippen LogP contribution in [0.5, 0.6) is 0 Å². The first kappa shape index (κ1) is 27.0. The third kappa shape index (κ3) is 4.91. The van der Waals surface area contributed by atoms with E-state index in [2.05, 4.69) is 29.4 Å². The minimum atomic E-state index is -4.61. The average Bonchev–Trinajstić information content (AvgIpc) is 3.58. The molecule has 2 aromatic carbocycles. The Labute approximate surface area is 228 Å². The number of quaternary nitrogens is 1. The highest BCUT2D eigenvalue weighted by atomic mass is 19.4. The van der Waals surface area contributed by atoms with Gasteiger partial charge >= 0.3 is 17.9 Å². The number of amides is 1. The van der Waals surface area contributed by atoms with E-state index < -0.39 is 23.5 Å². The highest BCUT2D eigenvalue weighted by Crippen LogP contribution is 2.32. The molecule has 1 fully saturated rings. The molecule has 0 bridgehead atoms. The van der Waals surface area contributed by atoms with E-state index in [1.807, 2.05) is 0 Å². The lowest BCUT2D eigenvalue weighted by molar-refractivity contribution is -0.878. The molecule has 0 spiro atoms. The van der Waals surface area contributed by atoms with Crippen LogP contribution in [0.2, 0.25) is 0 Å². The van der Waals surface area contributed by atoms with Crippen molar-refractivity contribution in [1.29, 1.82) is 0 Å². The van der Waals surface area contributed by atoms with E-state index in [9.17, 15) is 22.8 Å². The molecule has 2 aromatic heterocycles. The van der Waals surface area contributed by atoms with Gasteiger partial charge in [0.25, 0.3) is 0 Å². The molecule has 12 heteroatoms. The highest BCUT2D eigenvalue weighted by molar-refractivity contribution is 5.83.